The zero-order valence-electron chi connectivity index (χ0n) is 23.1. The second-order valence-corrected chi connectivity index (χ2v) is 11.0. The molecule has 2 aromatic carbocycles. The Morgan fingerprint density at radius 2 is 1.65 bits per heavy atom. The molecule has 1 heterocycles. The lowest BCUT2D eigenvalue weighted by Crippen LogP contribution is -2.45. The number of aliphatic hydroxyl groups is 1. The normalized spacial score (nSPS) is 17.1. The van der Waals surface area contributed by atoms with Crippen molar-refractivity contribution in [2.24, 2.45) is 0 Å². The van der Waals surface area contributed by atoms with Gasteiger partial charge in [-0.3, -0.25) is 4.79 Å². The highest BCUT2D eigenvalue weighted by molar-refractivity contribution is 5.96. The number of rotatable bonds is 8. The number of halogens is 1. The quantitative estimate of drug-likeness (QED) is 0.329. The molecule has 212 valence electrons. The second kappa shape index (κ2) is 12.9. The Morgan fingerprint density at radius 3 is 2.30 bits per heavy atom. The Balaban J connectivity index is 1.39. The number of nitrogens with zero attached hydrogens (tertiary/aromatic N) is 1. The summed E-state index contributed by atoms with van der Waals surface area (Å²) >= 11 is 0. The van der Waals surface area contributed by atoms with Crippen molar-refractivity contribution in [1.82, 2.24) is 15.6 Å². The standard InChI is InChI=1S/C31H36FN3O5/c1-31(2,3)40-30(38)35-25-13-11-24(12-14-25)34-28(37)27-18-23(32)19-33-29(27)39-26-6-4-5-22(17-26)21-9-7-20(8-10-21)15-16-36/h4-10,17-19,24-25,36H,11-16H2,1-3H3,(H,34,37)(H,35,38). The molecule has 1 fully saturated rings. The molecule has 9 heteroatoms. The molecule has 3 aromatic rings. The lowest BCUT2D eigenvalue weighted by atomic mass is 9.91. The van der Waals surface area contributed by atoms with Crippen LogP contribution in [0.3, 0.4) is 0 Å². The molecule has 0 bridgehead atoms. The van der Waals surface area contributed by atoms with Crippen LogP contribution >= 0.6 is 0 Å². The molecule has 0 radical (unpaired) electrons. The summed E-state index contributed by atoms with van der Waals surface area (Å²) in [6.07, 6.45) is 3.84. The maximum Gasteiger partial charge on any atom is 0.407 e. The molecule has 40 heavy (non-hydrogen) atoms. The third-order valence-corrected chi connectivity index (χ3v) is 6.58. The maximum absolute atomic E-state index is 14.1. The molecule has 4 rings (SSSR count). The number of amides is 2. The topological polar surface area (TPSA) is 110 Å². The van der Waals surface area contributed by atoms with E-state index in [-0.39, 0.29) is 30.1 Å². The molecular weight excluding hydrogens is 513 g/mol. The molecule has 1 aliphatic rings. The Hall–Kier alpha value is -3.98. The van der Waals surface area contributed by atoms with Crippen LogP contribution < -0.4 is 15.4 Å². The van der Waals surface area contributed by atoms with Gasteiger partial charge in [-0.1, -0.05) is 36.4 Å². The smallest absolute Gasteiger partial charge is 0.407 e. The summed E-state index contributed by atoms with van der Waals surface area (Å²) in [6.45, 7) is 5.53. The number of hydrogen-bond donors (Lipinski definition) is 3. The van der Waals surface area contributed by atoms with E-state index in [2.05, 4.69) is 15.6 Å². The summed E-state index contributed by atoms with van der Waals surface area (Å²) in [5, 5.41) is 15.0. The van der Waals surface area contributed by atoms with Gasteiger partial charge in [-0.2, -0.15) is 0 Å². The average Bonchev–Trinajstić information content (AvgIpc) is 2.90. The number of aliphatic hydroxyl groups excluding tert-OH is 1. The zero-order chi connectivity index (χ0) is 28.7. The number of nitrogens with one attached hydrogen (secondary N) is 2. The van der Waals surface area contributed by atoms with Crippen molar-refractivity contribution < 1.29 is 28.6 Å². The fourth-order valence-corrected chi connectivity index (χ4v) is 4.63. The van der Waals surface area contributed by atoms with Gasteiger partial charge in [0.2, 0.25) is 5.88 Å². The van der Waals surface area contributed by atoms with Crippen molar-refractivity contribution in [2.75, 3.05) is 6.61 Å². The average molecular weight is 550 g/mol. The Bertz CT molecular complexity index is 1320. The van der Waals surface area contributed by atoms with Crippen molar-refractivity contribution in [2.45, 2.75) is 70.6 Å². The van der Waals surface area contributed by atoms with Crippen LogP contribution in [0, 0.1) is 5.82 Å². The minimum absolute atomic E-state index is 0.00719. The summed E-state index contributed by atoms with van der Waals surface area (Å²) in [5.41, 5.74) is 2.35. The Morgan fingerprint density at radius 1 is 0.975 bits per heavy atom. The largest absolute Gasteiger partial charge is 0.444 e. The highest BCUT2D eigenvalue weighted by atomic mass is 19.1. The van der Waals surface area contributed by atoms with Gasteiger partial charge in [-0.25, -0.2) is 14.2 Å². The van der Waals surface area contributed by atoms with Crippen LogP contribution in [0.4, 0.5) is 9.18 Å². The molecule has 1 saturated carbocycles. The van der Waals surface area contributed by atoms with Gasteiger partial charge >= 0.3 is 6.09 Å². The molecule has 8 nitrogen and oxygen atoms in total. The zero-order valence-corrected chi connectivity index (χ0v) is 23.1. The van der Waals surface area contributed by atoms with Crippen LogP contribution in [0.25, 0.3) is 11.1 Å². The third-order valence-electron chi connectivity index (χ3n) is 6.58. The Labute approximate surface area is 233 Å². The van der Waals surface area contributed by atoms with Gasteiger partial charge in [0.05, 0.1) is 6.20 Å². The molecular formula is C31H36FN3O5. The number of benzene rings is 2. The van der Waals surface area contributed by atoms with E-state index in [4.69, 9.17) is 14.6 Å². The SMILES string of the molecule is CC(C)(C)OC(=O)NC1CCC(NC(=O)c2cc(F)cnc2Oc2cccc(-c3ccc(CCO)cc3)c2)CC1. The molecule has 3 N–H and O–H groups in total. The molecule has 0 spiro atoms. The van der Waals surface area contributed by atoms with Gasteiger partial charge in [-0.15, -0.1) is 0 Å². The minimum Gasteiger partial charge on any atom is -0.444 e. The van der Waals surface area contributed by atoms with Crippen LogP contribution in [0.2, 0.25) is 0 Å². The molecule has 1 aliphatic carbocycles. The van der Waals surface area contributed by atoms with Gasteiger partial charge < -0.3 is 25.2 Å². The molecule has 1 aromatic heterocycles. The van der Waals surface area contributed by atoms with E-state index in [0.717, 1.165) is 29.0 Å². The molecule has 0 saturated heterocycles. The minimum atomic E-state index is -0.639. The molecule has 2 amide bonds. The lowest BCUT2D eigenvalue weighted by molar-refractivity contribution is 0.0487. The number of hydrogen-bond acceptors (Lipinski definition) is 6. The maximum atomic E-state index is 14.1. The van der Waals surface area contributed by atoms with Crippen molar-refractivity contribution in [3.63, 3.8) is 0 Å². The summed E-state index contributed by atoms with van der Waals surface area (Å²) < 4.78 is 25.4. The highest BCUT2D eigenvalue weighted by Crippen LogP contribution is 2.29. The molecule has 0 unspecified atom stereocenters. The number of aromatic nitrogens is 1. The first-order valence-electron chi connectivity index (χ1n) is 13.5. The van der Waals surface area contributed by atoms with Crippen LogP contribution in [0.5, 0.6) is 11.6 Å². The van der Waals surface area contributed by atoms with E-state index in [0.29, 0.717) is 37.9 Å². The number of ether oxygens (including phenoxy) is 2. The van der Waals surface area contributed by atoms with Gasteiger partial charge in [0, 0.05) is 18.7 Å². The van der Waals surface area contributed by atoms with Crippen molar-refractivity contribution in [3.05, 3.63) is 77.7 Å². The van der Waals surface area contributed by atoms with Crippen LogP contribution in [0.15, 0.2) is 60.8 Å². The fraction of sp³-hybridized carbons (Fsp3) is 0.387. The molecule has 0 atom stereocenters. The van der Waals surface area contributed by atoms with Crippen LogP contribution in [0.1, 0.15) is 62.4 Å². The predicted molar refractivity (Wildman–Crippen MR) is 150 cm³/mol. The number of carbonyl (C=O) groups is 2. The summed E-state index contributed by atoms with van der Waals surface area (Å²) in [7, 11) is 0. The van der Waals surface area contributed by atoms with E-state index >= 15 is 0 Å². The first kappa shape index (κ1) is 29.0. The predicted octanol–water partition coefficient (Wildman–Crippen LogP) is 5.78. The first-order valence-corrected chi connectivity index (χ1v) is 13.5. The van der Waals surface area contributed by atoms with Crippen molar-refractivity contribution in [3.8, 4) is 22.8 Å². The summed E-state index contributed by atoms with van der Waals surface area (Å²) in [4.78, 5) is 29.3. The lowest BCUT2D eigenvalue weighted by Gasteiger charge is -2.30. The number of alkyl carbamates (subject to hydrolysis) is 1. The van der Waals surface area contributed by atoms with Gasteiger partial charge in [0.15, 0.2) is 0 Å². The Kier molecular flexibility index (Phi) is 9.37. The van der Waals surface area contributed by atoms with Gasteiger partial charge in [-0.05, 0) is 87.8 Å². The second-order valence-electron chi connectivity index (χ2n) is 11.0. The summed E-state index contributed by atoms with van der Waals surface area (Å²) in [6, 6.07) is 16.2. The van der Waals surface area contributed by atoms with Crippen molar-refractivity contribution in [1.29, 1.82) is 0 Å². The monoisotopic (exact) mass is 549 g/mol. The highest BCUT2D eigenvalue weighted by Gasteiger charge is 2.27. The van der Waals surface area contributed by atoms with E-state index in [1.165, 1.54) is 0 Å². The van der Waals surface area contributed by atoms with E-state index in [1.54, 1.807) is 6.07 Å². The van der Waals surface area contributed by atoms with Gasteiger partial charge in [0.25, 0.3) is 5.91 Å². The molecule has 0 aliphatic heterocycles. The van der Waals surface area contributed by atoms with E-state index < -0.39 is 23.4 Å². The number of pyridine rings is 1. The van der Waals surface area contributed by atoms with Crippen LogP contribution in [-0.4, -0.2) is 46.4 Å². The van der Waals surface area contributed by atoms with Crippen LogP contribution in [-0.2, 0) is 11.2 Å². The van der Waals surface area contributed by atoms with Gasteiger partial charge in [0.1, 0.15) is 22.7 Å². The first-order chi connectivity index (χ1) is 19.1. The van der Waals surface area contributed by atoms with Crippen molar-refractivity contribution >= 4 is 12.0 Å². The summed E-state index contributed by atoms with van der Waals surface area (Å²) in [5.74, 6) is -0.644. The number of carbonyl (C=O) groups excluding carboxylic acids is 2. The van der Waals surface area contributed by atoms with E-state index in [9.17, 15) is 14.0 Å². The fourth-order valence-electron chi connectivity index (χ4n) is 4.63. The van der Waals surface area contributed by atoms with E-state index in [1.807, 2.05) is 63.2 Å². The third kappa shape index (κ3) is 8.26.